The molecule has 1 fully saturated rings. The molecule has 1 aromatic carbocycles. The Hall–Kier alpha value is -2.04. The molecule has 1 saturated heterocycles. The van der Waals surface area contributed by atoms with Gasteiger partial charge < -0.3 is 15.0 Å². The molecule has 0 unspecified atom stereocenters. The molecule has 0 spiro atoms. The summed E-state index contributed by atoms with van der Waals surface area (Å²) in [6, 6.07) is 7.31. The molecule has 2 amide bonds. The number of nitrogens with zero attached hydrogens (tertiary/aromatic N) is 1. The summed E-state index contributed by atoms with van der Waals surface area (Å²) in [6.45, 7) is 7.70. The van der Waals surface area contributed by atoms with Gasteiger partial charge in [0.2, 0.25) is 5.91 Å². The van der Waals surface area contributed by atoms with Crippen LogP contribution in [0.25, 0.3) is 0 Å². The van der Waals surface area contributed by atoms with Gasteiger partial charge in [-0.3, -0.25) is 9.59 Å². The number of piperidine rings is 1. The van der Waals surface area contributed by atoms with E-state index < -0.39 is 0 Å². The first kappa shape index (κ1) is 17.3. The number of hydrogen-bond acceptors (Lipinski definition) is 3. The fourth-order valence-electron chi connectivity index (χ4n) is 2.75. The van der Waals surface area contributed by atoms with Gasteiger partial charge in [-0.2, -0.15) is 0 Å². The van der Waals surface area contributed by atoms with Crippen LogP contribution in [-0.2, 0) is 4.79 Å². The maximum absolute atomic E-state index is 11.9. The Bertz CT molecular complexity index is 540. The minimum atomic E-state index is -0.0732. The van der Waals surface area contributed by atoms with Crippen LogP contribution < -0.4 is 10.1 Å². The number of hydrogen-bond donors (Lipinski definition) is 1. The van der Waals surface area contributed by atoms with Gasteiger partial charge in [-0.15, -0.1) is 0 Å². The lowest BCUT2D eigenvalue weighted by atomic mass is 9.99. The van der Waals surface area contributed by atoms with E-state index in [1.165, 1.54) is 0 Å². The quantitative estimate of drug-likeness (QED) is 0.907. The lowest BCUT2D eigenvalue weighted by Gasteiger charge is -2.31. The van der Waals surface area contributed by atoms with Crippen LogP contribution in [-0.4, -0.2) is 42.5 Å². The fourth-order valence-corrected chi connectivity index (χ4v) is 2.75. The van der Waals surface area contributed by atoms with Crippen LogP contribution in [0.3, 0.4) is 0 Å². The van der Waals surface area contributed by atoms with Crippen molar-refractivity contribution >= 4 is 11.8 Å². The van der Waals surface area contributed by atoms with Crippen molar-refractivity contribution in [2.75, 3.05) is 19.7 Å². The summed E-state index contributed by atoms with van der Waals surface area (Å²) in [5.41, 5.74) is 0.631. The van der Waals surface area contributed by atoms with E-state index >= 15 is 0 Å². The van der Waals surface area contributed by atoms with E-state index in [-0.39, 0.29) is 17.9 Å². The number of carbonyl (C=O) groups is 2. The van der Waals surface area contributed by atoms with Crippen molar-refractivity contribution in [2.45, 2.75) is 39.7 Å². The fraction of sp³-hybridized carbons (Fsp3) is 0.556. The normalized spacial score (nSPS) is 17.9. The molecular weight excluding hydrogens is 292 g/mol. The zero-order chi connectivity index (χ0) is 16.8. The van der Waals surface area contributed by atoms with Crippen molar-refractivity contribution in [3.05, 3.63) is 29.8 Å². The second-order valence-corrected chi connectivity index (χ2v) is 6.44. The minimum absolute atomic E-state index is 0.0732. The van der Waals surface area contributed by atoms with Crippen molar-refractivity contribution in [3.8, 4) is 5.75 Å². The van der Waals surface area contributed by atoms with Gasteiger partial charge in [0.1, 0.15) is 5.75 Å². The summed E-state index contributed by atoms with van der Waals surface area (Å²) >= 11 is 0. The molecule has 1 aliphatic heterocycles. The Morgan fingerprint density at radius 2 is 2.00 bits per heavy atom. The van der Waals surface area contributed by atoms with E-state index in [4.69, 9.17) is 4.74 Å². The summed E-state index contributed by atoms with van der Waals surface area (Å²) in [7, 11) is 0. The zero-order valence-electron chi connectivity index (χ0n) is 14.2. The second kappa shape index (κ2) is 7.99. The van der Waals surface area contributed by atoms with Gasteiger partial charge in [0, 0.05) is 37.5 Å². The summed E-state index contributed by atoms with van der Waals surface area (Å²) in [6.07, 6.45) is 2.11. The molecule has 0 radical (unpaired) electrons. The molecule has 5 heteroatoms. The average Bonchev–Trinajstić information content (AvgIpc) is 2.53. The van der Waals surface area contributed by atoms with E-state index in [0.29, 0.717) is 18.1 Å². The predicted molar refractivity (Wildman–Crippen MR) is 89.5 cm³/mol. The zero-order valence-corrected chi connectivity index (χ0v) is 14.2. The Balaban J connectivity index is 1.84. The van der Waals surface area contributed by atoms with Gasteiger partial charge in [-0.05, 0) is 51.0 Å². The van der Waals surface area contributed by atoms with Crippen LogP contribution in [0.1, 0.15) is 44.0 Å². The molecule has 0 bridgehead atoms. The van der Waals surface area contributed by atoms with Crippen molar-refractivity contribution in [3.63, 3.8) is 0 Å². The highest BCUT2D eigenvalue weighted by Gasteiger charge is 2.22. The van der Waals surface area contributed by atoms with Gasteiger partial charge in [0.15, 0.2) is 0 Å². The highest BCUT2D eigenvalue weighted by Crippen LogP contribution is 2.19. The molecule has 0 aliphatic carbocycles. The van der Waals surface area contributed by atoms with Crippen LogP contribution in [0.4, 0.5) is 0 Å². The van der Waals surface area contributed by atoms with E-state index in [2.05, 4.69) is 5.32 Å². The monoisotopic (exact) mass is 318 g/mol. The Labute approximate surface area is 138 Å². The van der Waals surface area contributed by atoms with Crippen LogP contribution >= 0.6 is 0 Å². The Morgan fingerprint density at radius 3 is 2.61 bits per heavy atom. The third kappa shape index (κ3) is 5.27. The summed E-state index contributed by atoms with van der Waals surface area (Å²) in [5.74, 6) is 1.19. The Morgan fingerprint density at radius 1 is 1.30 bits per heavy atom. The first-order chi connectivity index (χ1) is 11.0. The third-order valence-electron chi connectivity index (χ3n) is 3.99. The SMILES string of the molecule is CC(=O)N1CCC[C@@H](COc2ccc(C(=O)NC(C)C)cc2)C1. The van der Waals surface area contributed by atoms with Crippen molar-refractivity contribution in [2.24, 2.45) is 5.92 Å². The summed E-state index contributed by atoms with van der Waals surface area (Å²) in [5, 5.41) is 2.86. The summed E-state index contributed by atoms with van der Waals surface area (Å²) in [4.78, 5) is 25.2. The first-order valence-electron chi connectivity index (χ1n) is 8.25. The van der Waals surface area contributed by atoms with Crippen LogP contribution in [0, 0.1) is 5.92 Å². The molecule has 1 aromatic rings. The molecule has 2 rings (SSSR count). The molecular formula is C18H26N2O3. The molecule has 1 aliphatic rings. The molecule has 5 nitrogen and oxygen atoms in total. The number of benzene rings is 1. The maximum Gasteiger partial charge on any atom is 0.251 e. The highest BCUT2D eigenvalue weighted by molar-refractivity contribution is 5.94. The topological polar surface area (TPSA) is 58.6 Å². The number of carbonyl (C=O) groups excluding carboxylic acids is 2. The van der Waals surface area contributed by atoms with Crippen molar-refractivity contribution in [1.82, 2.24) is 10.2 Å². The third-order valence-corrected chi connectivity index (χ3v) is 3.99. The smallest absolute Gasteiger partial charge is 0.251 e. The van der Waals surface area contributed by atoms with Gasteiger partial charge in [-0.25, -0.2) is 0 Å². The molecule has 1 heterocycles. The predicted octanol–water partition coefficient (Wildman–Crippen LogP) is 2.46. The number of rotatable bonds is 5. The number of ether oxygens (including phenoxy) is 1. The van der Waals surface area contributed by atoms with E-state index in [9.17, 15) is 9.59 Å². The highest BCUT2D eigenvalue weighted by atomic mass is 16.5. The van der Waals surface area contributed by atoms with Crippen LogP contribution in [0.5, 0.6) is 5.75 Å². The first-order valence-corrected chi connectivity index (χ1v) is 8.25. The molecule has 126 valence electrons. The number of likely N-dealkylation sites (tertiary alicyclic amines) is 1. The molecule has 0 aromatic heterocycles. The van der Waals surface area contributed by atoms with E-state index in [1.807, 2.05) is 30.9 Å². The lowest BCUT2D eigenvalue weighted by molar-refractivity contribution is -0.130. The molecule has 1 N–H and O–H groups in total. The van der Waals surface area contributed by atoms with Gasteiger partial charge in [0.25, 0.3) is 5.91 Å². The average molecular weight is 318 g/mol. The van der Waals surface area contributed by atoms with Gasteiger partial charge in [0.05, 0.1) is 6.61 Å². The number of nitrogens with one attached hydrogen (secondary N) is 1. The van der Waals surface area contributed by atoms with Crippen molar-refractivity contribution in [1.29, 1.82) is 0 Å². The Kier molecular flexibility index (Phi) is 6.02. The van der Waals surface area contributed by atoms with Gasteiger partial charge >= 0.3 is 0 Å². The molecule has 23 heavy (non-hydrogen) atoms. The maximum atomic E-state index is 11.9. The molecule has 1 atom stereocenters. The van der Waals surface area contributed by atoms with Crippen LogP contribution in [0.15, 0.2) is 24.3 Å². The summed E-state index contributed by atoms with van der Waals surface area (Å²) < 4.78 is 5.82. The second-order valence-electron chi connectivity index (χ2n) is 6.44. The molecule has 0 saturated carbocycles. The largest absolute Gasteiger partial charge is 0.493 e. The van der Waals surface area contributed by atoms with Crippen molar-refractivity contribution < 1.29 is 14.3 Å². The lowest BCUT2D eigenvalue weighted by Crippen LogP contribution is -2.40. The number of amides is 2. The van der Waals surface area contributed by atoms with E-state index in [0.717, 1.165) is 31.7 Å². The van der Waals surface area contributed by atoms with E-state index in [1.54, 1.807) is 19.1 Å². The van der Waals surface area contributed by atoms with Gasteiger partial charge in [-0.1, -0.05) is 0 Å². The van der Waals surface area contributed by atoms with Crippen LogP contribution in [0.2, 0.25) is 0 Å². The minimum Gasteiger partial charge on any atom is -0.493 e. The standard InChI is InChI=1S/C18H26N2O3/c1-13(2)19-18(22)16-6-8-17(9-7-16)23-12-15-5-4-10-20(11-15)14(3)21/h6-9,13,15H,4-5,10-12H2,1-3H3,(H,19,22)/t15-/m1/s1.